The molecule has 0 saturated carbocycles. The summed E-state index contributed by atoms with van der Waals surface area (Å²) in [6, 6.07) is 0. The molecular weight excluding hydrogens is 364 g/mol. The van der Waals surface area contributed by atoms with Gasteiger partial charge in [0.05, 0.1) is 13.0 Å². The molecule has 13 heteroatoms. The summed E-state index contributed by atoms with van der Waals surface area (Å²) in [7, 11) is 0. The van der Waals surface area contributed by atoms with Crippen molar-refractivity contribution in [1.29, 1.82) is 0 Å². The first-order valence-corrected chi connectivity index (χ1v) is 5.80. The fourth-order valence-corrected chi connectivity index (χ4v) is 1.24. The number of ether oxygens (including phenoxy) is 1. The third-order valence-electron chi connectivity index (χ3n) is 2.47. The Balaban J connectivity index is 5.64. The predicted molar refractivity (Wildman–Crippen MR) is 51.6 cm³/mol. The van der Waals surface area contributed by atoms with Crippen LogP contribution in [0.25, 0.3) is 0 Å². The van der Waals surface area contributed by atoms with Gasteiger partial charge in [-0.3, -0.25) is 0 Å². The van der Waals surface area contributed by atoms with Crippen LogP contribution in [0.4, 0.5) is 52.7 Å². The fraction of sp³-hybridized carbons (Fsp3) is 1.00. The van der Waals surface area contributed by atoms with Gasteiger partial charge in [-0.1, -0.05) is 6.92 Å². The van der Waals surface area contributed by atoms with Crippen LogP contribution in [-0.2, 0) is 4.74 Å². The second-order valence-electron chi connectivity index (χ2n) is 4.42. The summed E-state index contributed by atoms with van der Waals surface area (Å²) in [5, 5.41) is 0. The Hall–Kier alpha value is -0.880. The smallest absolute Gasteiger partial charge is 0.316 e. The third kappa shape index (κ3) is 4.35. The molecule has 0 aromatic heterocycles. The van der Waals surface area contributed by atoms with Gasteiger partial charge >= 0.3 is 30.1 Å². The molecule has 0 N–H and O–H groups in total. The molecule has 23 heavy (non-hydrogen) atoms. The second-order valence-corrected chi connectivity index (χ2v) is 4.42. The fourth-order valence-electron chi connectivity index (χ4n) is 1.24. The van der Waals surface area contributed by atoms with E-state index in [2.05, 4.69) is 4.74 Å². The van der Waals surface area contributed by atoms with Gasteiger partial charge in [0, 0.05) is 0 Å². The van der Waals surface area contributed by atoms with Crippen LogP contribution in [0.15, 0.2) is 0 Å². The Bertz CT molecular complexity index is 388. The van der Waals surface area contributed by atoms with Crippen molar-refractivity contribution in [3.63, 3.8) is 0 Å². The van der Waals surface area contributed by atoms with E-state index in [0.717, 1.165) is 6.92 Å². The van der Waals surface area contributed by atoms with E-state index in [1.165, 1.54) is 0 Å². The van der Waals surface area contributed by atoms with Crippen molar-refractivity contribution in [2.24, 2.45) is 0 Å². The van der Waals surface area contributed by atoms with Gasteiger partial charge in [-0.05, 0) is 6.42 Å². The molecular formula is C10H10F12O. The largest absolute Gasteiger partial charge is 0.426 e. The zero-order valence-corrected chi connectivity index (χ0v) is 11.1. The molecule has 0 aliphatic rings. The summed E-state index contributed by atoms with van der Waals surface area (Å²) in [5.41, 5.74) is 0. The molecule has 0 spiro atoms. The highest BCUT2D eigenvalue weighted by atomic mass is 19.4. The van der Waals surface area contributed by atoms with Crippen molar-refractivity contribution in [2.45, 2.75) is 56.0 Å². The summed E-state index contributed by atoms with van der Waals surface area (Å²) in [4.78, 5) is 0. The maximum Gasteiger partial charge on any atom is 0.426 e. The van der Waals surface area contributed by atoms with E-state index >= 15 is 0 Å². The molecule has 1 atom stereocenters. The summed E-state index contributed by atoms with van der Waals surface area (Å²) < 4.78 is 155. The maximum absolute atomic E-state index is 13.1. The third-order valence-corrected chi connectivity index (χ3v) is 2.47. The van der Waals surface area contributed by atoms with Crippen molar-refractivity contribution < 1.29 is 57.4 Å². The topological polar surface area (TPSA) is 9.23 Å². The molecule has 0 heterocycles. The van der Waals surface area contributed by atoms with E-state index in [0.29, 0.717) is 0 Å². The summed E-state index contributed by atoms with van der Waals surface area (Å²) >= 11 is 0. The van der Waals surface area contributed by atoms with Crippen LogP contribution in [0.1, 0.15) is 19.8 Å². The zero-order valence-electron chi connectivity index (χ0n) is 11.1. The van der Waals surface area contributed by atoms with Gasteiger partial charge in [0.1, 0.15) is 0 Å². The number of rotatable bonds is 8. The normalized spacial score (nSPS) is 16.6. The van der Waals surface area contributed by atoms with E-state index in [1.54, 1.807) is 0 Å². The molecule has 0 aromatic rings. The van der Waals surface area contributed by atoms with Crippen molar-refractivity contribution in [1.82, 2.24) is 0 Å². The molecule has 0 rings (SSSR count). The van der Waals surface area contributed by atoms with Crippen LogP contribution in [0.5, 0.6) is 0 Å². The number of hydrogen-bond acceptors (Lipinski definition) is 1. The van der Waals surface area contributed by atoms with Gasteiger partial charge in [0.25, 0.3) is 0 Å². The van der Waals surface area contributed by atoms with E-state index in [-0.39, 0.29) is 0 Å². The van der Waals surface area contributed by atoms with Gasteiger partial charge in [0.15, 0.2) is 6.17 Å². The molecule has 0 amide bonds. The standard InChI is InChI=1S/C10H10F12O/c1-2-3-23-10(21,22)9(19,20)8(17,18)7(15,16)5(11)4-6(12,13)14/h5H,2-4H2,1H3. The Kier molecular flexibility index (Phi) is 6.30. The van der Waals surface area contributed by atoms with Gasteiger partial charge < -0.3 is 4.74 Å². The van der Waals surface area contributed by atoms with E-state index < -0.39 is 55.7 Å². The van der Waals surface area contributed by atoms with Crippen LogP contribution < -0.4 is 0 Å². The van der Waals surface area contributed by atoms with Gasteiger partial charge in [-0.15, -0.1) is 0 Å². The van der Waals surface area contributed by atoms with E-state index in [4.69, 9.17) is 0 Å². The second kappa shape index (κ2) is 6.55. The SMILES string of the molecule is CCCOC(F)(F)C(F)(F)C(F)(F)C(F)(F)C(F)CC(F)(F)F. The lowest BCUT2D eigenvalue weighted by atomic mass is 9.97. The average Bonchev–Trinajstić information content (AvgIpc) is 2.33. The minimum absolute atomic E-state index is 0.395. The van der Waals surface area contributed by atoms with Crippen molar-refractivity contribution in [2.75, 3.05) is 6.61 Å². The highest BCUT2D eigenvalue weighted by molar-refractivity contribution is 5.04. The number of halogens is 12. The zero-order chi connectivity index (χ0) is 18.9. The molecule has 0 radical (unpaired) electrons. The van der Waals surface area contributed by atoms with E-state index in [9.17, 15) is 52.7 Å². The van der Waals surface area contributed by atoms with Gasteiger partial charge in [-0.2, -0.15) is 48.3 Å². The van der Waals surface area contributed by atoms with Crippen molar-refractivity contribution >= 4 is 0 Å². The highest BCUT2D eigenvalue weighted by Gasteiger charge is 2.83. The summed E-state index contributed by atoms with van der Waals surface area (Å²) in [6.07, 6.45) is -20.4. The number of alkyl halides is 12. The van der Waals surface area contributed by atoms with Crippen molar-refractivity contribution in [3.8, 4) is 0 Å². The molecule has 0 aromatic carbocycles. The molecule has 0 fully saturated rings. The van der Waals surface area contributed by atoms with Gasteiger partial charge in [0.2, 0.25) is 0 Å². The minimum Gasteiger partial charge on any atom is -0.316 e. The lowest BCUT2D eigenvalue weighted by Crippen LogP contribution is -2.65. The van der Waals surface area contributed by atoms with Gasteiger partial charge in [-0.25, -0.2) is 4.39 Å². The van der Waals surface area contributed by atoms with Crippen LogP contribution in [0.3, 0.4) is 0 Å². The quantitative estimate of drug-likeness (QED) is 0.531. The Labute approximate surface area is 121 Å². The van der Waals surface area contributed by atoms with Crippen LogP contribution in [0, 0.1) is 0 Å². The molecule has 140 valence electrons. The minimum atomic E-state index is -7.15. The molecule has 0 aliphatic heterocycles. The monoisotopic (exact) mass is 374 g/mol. The van der Waals surface area contributed by atoms with Crippen molar-refractivity contribution in [3.05, 3.63) is 0 Å². The maximum atomic E-state index is 13.1. The first kappa shape index (κ1) is 22.1. The molecule has 0 saturated heterocycles. The lowest BCUT2D eigenvalue weighted by molar-refractivity contribution is -0.433. The summed E-state index contributed by atoms with van der Waals surface area (Å²) in [5.74, 6) is -20.8. The molecule has 1 unspecified atom stereocenters. The number of hydrogen-bond donors (Lipinski definition) is 0. The lowest BCUT2D eigenvalue weighted by Gasteiger charge is -2.37. The predicted octanol–water partition coefficient (Wildman–Crippen LogP) is 5.20. The molecule has 0 aliphatic carbocycles. The Morgan fingerprint density at radius 2 is 1.22 bits per heavy atom. The van der Waals surface area contributed by atoms with Crippen LogP contribution in [0.2, 0.25) is 0 Å². The highest BCUT2D eigenvalue weighted by Crippen LogP contribution is 2.55. The summed E-state index contributed by atoms with van der Waals surface area (Å²) in [6.45, 7) is -0.159. The van der Waals surface area contributed by atoms with E-state index in [1.807, 2.05) is 0 Å². The molecule has 0 bridgehead atoms. The first-order valence-electron chi connectivity index (χ1n) is 5.80. The Morgan fingerprint density at radius 3 is 1.57 bits per heavy atom. The molecule has 1 nitrogen and oxygen atoms in total. The Morgan fingerprint density at radius 1 is 0.783 bits per heavy atom. The average molecular weight is 374 g/mol. The van der Waals surface area contributed by atoms with Crippen LogP contribution >= 0.6 is 0 Å². The van der Waals surface area contributed by atoms with Crippen LogP contribution in [-0.4, -0.2) is 42.8 Å². The first-order chi connectivity index (χ1) is 9.94.